The maximum Gasteiger partial charge on any atom is 0.228 e. The molecule has 10 aromatic rings. The summed E-state index contributed by atoms with van der Waals surface area (Å²) in [6, 6.07) is 59.2. The number of anilines is 3. The molecule has 0 aliphatic heterocycles. The van der Waals surface area contributed by atoms with Gasteiger partial charge in [-0.15, -0.1) is 0 Å². The molecule has 0 aliphatic rings. The SMILES string of the molecule is c1ccc(N(c2ccc(-c3cccc4ccccc34)cc2)c2ccc3c(c2)oc2cccc(-c4nc5cc6ccccc6cc5o4)c23)cc1. The number of hydrogen-bond donors (Lipinski definition) is 0. The molecule has 0 N–H and O–H groups in total. The Labute approximate surface area is 282 Å². The van der Waals surface area contributed by atoms with E-state index in [2.05, 4.69) is 144 Å². The molecule has 0 unspecified atom stereocenters. The summed E-state index contributed by atoms with van der Waals surface area (Å²) in [6.07, 6.45) is 0. The van der Waals surface area contributed by atoms with Crippen LogP contribution in [0.4, 0.5) is 17.1 Å². The Kier molecular flexibility index (Phi) is 6.15. The molecule has 0 saturated carbocycles. The van der Waals surface area contributed by atoms with Gasteiger partial charge in [0.25, 0.3) is 0 Å². The highest BCUT2D eigenvalue weighted by molar-refractivity contribution is 6.13. The van der Waals surface area contributed by atoms with Crippen molar-refractivity contribution in [3.05, 3.63) is 170 Å². The summed E-state index contributed by atoms with van der Waals surface area (Å²) in [5.41, 5.74) is 9.65. The fourth-order valence-corrected chi connectivity index (χ4v) is 7.15. The molecule has 0 aliphatic carbocycles. The molecule has 230 valence electrons. The third-order valence-electron chi connectivity index (χ3n) is 9.47. The van der Waals surface area contributed by atoms with Crippen molar-refractivity contribution in [3.63, 3.8) is 0 Å². The van der Waals surface area contributed by atoms with E-state index in [-0.39, 0.29) is 0 Å². The van der Waals surface area contributed by atoms with Crippen LogP contribution in [0.2, 0.25) is 0 Å². The molecule has 0 spiro atoms. The minimum absolute atomic E-state index is 0.583. The molecular weight excluding hydrogens is 601 g/mol. The number of hydrogen-bond acceptors (Lipinski definition) is 4. The topological polar surface area (TPSA) is 42.4 Å². The van der Waals surface area contributed by atoms with E-state index in [1.807, 2.05) is 30.3 Å². The molecule has 0 atom stereocenters. The Morgan fingerprint density at radius 3 is 1.94 bits per heavy atom. The average Bonchev–Trinajstić information content (AvgIpc) is 3.75. The molecule has 10 rings (SSSR count). The van der Waals surface area contributed by atoms with Gasteiger partial charge in [-0.2, -0.15) is 0 Å². The summed E-state index contributed by atoms with van der Waals surface area (Å²) in [7, 11) is 0. The minimum Gasteiger partial charge on any atom is -0.456 e. The second-order valence-corrected chi connectivity index (χ2v) is 12.4. The van der Waals surface area contributed by atoms with Crippen molar-refractivity contribution in [3.8, 4) is 22.6 Å². The summed E-state index contributed by atoms with van der Waals surface area (Å²) in [4.78, 5) is 7.19. The fraction of sp³-hybridized carbons (Fsp3) is 0. The van der Waals surface area contributed by atoms with E-state index in [0.717, 1.165) is 66.4 Å². The van der Waals surface area contributed by atoms with E-state index in [1.54, 1.807) is 0 Å². The normalized spacial score (nSPS) is 11.7. The lowest BCUT2D eigenvalue weighted by Crippen LogP contribution is -2.09. The second kappa shape index (κ2) is 11.0. The van der Waals surface area contributed by atoms with E-state index in [9.17, 15) is 0 Å². The van der Waals surface area contributed by atoms with Crippen LogP contribution in [-0.4, -0.2) is 4.98 Å². The predicted octanol–water partition coefficient (Wildman–Crippen LogP) is 12.8. The maximum absolute atomic E-state index is 6.54. The Morgan fingerprint density at radius 1 is 0.408 bits per heavy atom. The molecule has 8 aromatic carbocycles. The van der Waals surface area contributed by atoms with Crippen LogP contribution >= 0.6 is 0 Å². The number of furan rings is 1. The number of aromatic nitrogens is 1. The van der Waals surface area contributed by atoms with Gasteiger partial charge >= 0.3 is 0 Å². The van der Waals surface area contributed by atoms with Crippen LogP contribution in [-0.2, 0) is 0 Å². The van der Waals surface area contributed by atoms with Crippen LogP contribution in [0.5, 0.6) is 0 Å². The predicted molar refractivity (Wildman–Crippen MR) is 202 cm³/mol. The number of benzene rings is 8. The first-order chi connectivity index (χ1) is 24.3. The molecule has 2 aromatic heterocycles. The number of nitrogens with zero attached hydrogens (tertiary/aromatic N) is 2. The molecular formula is C45H28N2O2. The van der Waals surface area contributed by atoms with Gasteiger partial charge in [0.2, 0.25) is 5.89 Å². The molecule has 2 heterocycles. The zero-order valence-corrected chi connectivity index (χ0v) is 26.4. The average molecular weight is 629 g/mol. The molecule has 0 saturated heterocycles. The number of rotatable bonds is 5. The van der Waals surface area contributed by atoms with Crippen molar-refractivity contribution in [1.82, 2.24) is 4.98 Å². The molecule has 4 heteroatoms. The van der Waals surface area contributed by atoms with Gasteiger partial charge in [0.1, 0.15) is 16.7 Å². The Bertz CT molecular complexity index is 2770. The number of oxazole rings is 1. The molecule has 4 nitrogen and oxygen atoms in total. The van der Waals surface area contributed by atoms with Gasteiger partial charge in [-0.05, 0) is 93.3 Å². The summed E-state index contributed by atoms with van der Waals surface area (Å²) in [5.74, 6) is 0.583. The highest BCUT2D eigenvalue weighted by Gasteiger charge is 2.20. The monoisotopic (exact) mass is 628 g/mol. The van der Waals surface area contributed by atoms with E-state index in [0.29, 0.717) is 5.89 Å². The first kappa shape index (κ1) is 27.5. The molecule has 0 bridgehead atoms. The number of fused-ring (bicyclic) bond motifs is 6. The lowest BCUT2D eigenvalue weighted by atomic mass is 9.98. The molecule has 0 fully saturated rings. The van der Waals surface area contributed by atoms with Crippen LogP contribution in [0.1, 0.15) is 0 Å². The second-order valence-electron chi connectivity index (χ2n) is 12.4. The zero-order valence-electron chi connectivity index (χ0n) is 26.4. The van der Waals surface area contributed by atoms with E-state index >= 15 is 0 Å². The van der Waals surface area contributed by atoms with Crippen molar-refractivity contribution in [2.45, 2.75) is 0 Å². The highest BCUT2D eigenvalue weighted by atomic mass is 16.3. The van der Waals surface area contributed by atoms with Crippen LogP contribution in [0.15, 0.2) is 179 Å². The zero-order chi connectivity index (χ0) is 32.3. The Morgan fingerprint density at radius 2 is 1.08 bits per heavy atom. The van der Waals surface area contributed by atoms with Gasteiger partial charge in [0.05, 0.1) is 0 Å². The third-order valence-corrected chi connectivity index (χ3v) is 9.47. The van der Waals surface area contributed by atoms with Gasteiger partial charge in [0, 0.05) is 39.5 Å². The van der Waals surface area contributed by atoms with Gasteiger partial charge in [0.15, 0.2) is 5.58 Å². The number of para-hydroxylation sites is 1. The van der Waals surface area contributed by atoms with Crippen molar-refractivity contribution >= 4 is 71.6 Å². The maximum atomic E-state index is 6.54. The van der Waals surface area contributed by atoms with E-state index in [1.165, 1.54) is 21.9 Å². The van der Waals surface area contributed by atoms with E-state index in [4.69, 9.17) is 13.8 Å². The van der Waals surface area contributed by atoms with Crippen LogP contribution in [0.25, 0.3) is 77.2 Å². The standard InChI is InChI=1S/C45H28N2O2/c1-2-14-33(15-3-1)47(34-22-20-30(21-23-34)37-17-8-13-29-10-6-7-16-36(29)37)35-24-25-38-42(28-35)48-41-19-9-18-39(44(38)41)45-46-40-26-31-11-4-5-12-32(31)27-43(40)49-45/h1-28H. The smallest absolute Gasteiger partial charge is 0.228 e. The quantitative estimate of drug-likeness (QED) is 0.190. The van der Waals surface area contributed by atoms with Crippen LogP contribution < -0.4 is 4.90 Å². The van der Waals surface area contributed by atoms with Crippen molar-refractivity contribution in [1.29, 1.82) is 0 Å². The fourth-order valence-electron chi connectivity index (χ4n) is 7.15. The Balaban J connectivity index is 1.08. The highest BCUT2D eigenvalue weighted by Crippen LogP contribution is 2.42. The molecule has 0 amide bonds. The third kappa shape index (κ3) is 4.57. The molecule has 0 radical (unpaired) electrons. The summed E-state index contributed by atoms with van der Waals surface area (Å²) in [6.45, 7) is 0. The lowest BCUT2D eigenvalue weighted by Gasteiger charge is -2.25. The largest absolute Gasteiger partial charge is 0.456 e. The van der Waals surface area contributed by atoms with E-state index < -0.39 is 0 Å². The Hall–Kier alpha value is -6.65. The van der Waals surface area contributed by atoms with Crippen LogP contribution in [0, 0.1) is 0 Å². The van der Waals surface area contributed by atoms with Crippen LogP contribution in [0.3, 0.4) is 0 Å². The molecule has 49 heavy (non-hydrogen) atoms. The van der Waals surface area contributed by atoms with Crippen molar-refractivity contribution in [2.24, 2.45) is 0 Å². The van der Waals surface area contributed by atoms with Gasteiger partial charge in [-0.1, -0.05) is 103 Å². The first-order valence-electron chi connectivity index (χ1n) is 16.5. The van der Waals surface area contributed by atoms with Gasteiger partial charge in [-0.25, -0.2) is 4.98 Å². The van der Waals surface area contributed by atoms with Crippen molar-refractivity contribution in [2.75, 3.05) is 4.90 Å². The summed E-state index contributed by atoms with van der Waals surface area (Å²) in [5, 5.41) is 6.76. The summed E-state index contributed by atoms with van der Waals surface area (Å²) < 4.78 is 12.9. The first-order valence-corrected chi connectivity index (χ1v) is 16.5. The lowest BCUT2D eigenvalue weighted by molar-refractivity contribution is 0.620. The van der Waals surface area contributed by atoms with Gasteiger partial charge < -0.3 is 13.7 Å². The van der Waals surface area contributed by atoms with Crippen molar-refractivity contribution < 1.29 is 8.83 Å². The minimum atomic E-state index is 0.583. The summed E-state index contributed by atoms with van der Waals surface area (Å²) >= 11 is 0. The van der Waals surface area contributed by atoms with Gasteiger partial charge in [-0.3, -0.25) is 0 Å².